The third-order valence-electron chi connectivity index (χ3n) is 5.99. The Hall–Kier alpha value is -3.15. The Balaban J connectivity index is 1.45. The lowest BCUT2D eigenvalue weighted by Crippen LogP contribution is -2.41. The first-order chi connectivity index (χ1) is 14.2. The lowest BCUT2D eigenvalue weighted by Gasteiger charge is -2.30. The van der Waals surface area contributed by atoms with Crippen molar-refractivity contribution in [2.75, 3.05) is 26.2 Å². The third kappa shape index (κ3) is 3.18. The van der Waals surface area contributed by atoms with Crippen LogP contribution in [0.15, 0.2) is 48.7 Å². The SMILES string of the molecule is O=C(c1ccc(-c2cccc3c(C(=O)N4CCCCC4)cnn23)cc1)N1CCC1. The molecule has 29 heavy (non-hydrogen) atoms. The fourth-order valence-electron chi connectivity index (χ4n) is 4.15. The smallest absolute Gasteiger partial charge is 0.257 e. The summed E-state index contributed by atoms with van der Waals surface area (Å²) >= 11 is 0. The van der Waals surface area contributed by atoms with Crippen LogP contribution >= 0.6 is 0 Å². The van der Waals surface area contributed by atoms with E-state index in [1.807, 2.05) is 56.8 Å². The van der Waals surface area contributed by atoms with Crippen LogP contribution in [0, 0.1) is 0 Å². The summed E-state index contributed by atoms with van der Waals surface area (Å²) in [5.74, 6) is 0.154. The monoisotopic (exact) mass is 388 g/mol. The number of likely N-dealkylation sites (tertiary alicyclic amines) is 2. The molecule has 0 saturated carbocycles. The zero-order chi connectivity index (χ0) is 19.8. The van der Waals surface area contributed by atoms with Gasteiger partial charge >= 0.3 is 0 Å². The summed E-state index contributed by atoms with van der Waals surface area (Å²) in [6.45, 7) is 3.34. The number of hydrogen-bond acceptors (Lipinski definition) is 3. The maximum atomic E-state index is 13.0. The maximum Gasteiger partial charge on any atom is 0.257 e. The van der Waals surface area contributed by atoms with Crippen molar-refractivity contribution in [3.63, 3.8) is 0 Å². The number of carbonyl (C=O) groups is 2. The van der Waals surface area contributed by atoms with Gasteiger partial charge in [0.1, 0.15) is 0 Å². The second kappa shape index (κ2) is 7.35. The van der Waals surface area contributed by atoms with Gasteiger partial charge in [0.25, 0.3) is 11.8 Å². The maximum absolute atomic E-state index is 13.0. The highest BCUT2D eigenvalue weighted by molar-refractivity contribution is 6.01. The molecule has 2 aliphatic rings. The molecule has 2 amide bonds. The van der Waals surface area contributed by atoms with Crippen molar-refractivity contribution >= 4 is 17.3 Å². The summed E-state index contributed by atoms with van der Waals surface area (Å²) < 4.78 is 1.82. The number of amides is 2. The van der Waals surface area contributed by atoms with E-state index in [1.165, 1.54) is 6.42 Å². The molecule has 0 atom stereocenters. The van der Waals surface area contributed by atoms with E-state index in [9.17, 15) is 9.59 Å². The van der Waals surface area contributed by atoms with Crippen LogP contribution in [0.3, 0.4) is 0 Å². The van der Waals surface area contributed by atoms with Crippen LogP contribution in [0.25, 0.3) is 16.8 Å². The minimum atomic E-state index is 0.0624. The molecule has 5 rings (SSSR count). The van der Waals surface area contributed by atoms with Gasteiger partial charge in [-0.25, -0.2) is 4.52 Å². The molecule has 0 N–H and O–H groups in total. The summed E-state index contributed by atoms with van der Waals surface area (Å²) in [6, 6.07) is 13.5. The number of piperidine rings is 1. The van der Waals surface area contributed by atoms with E-state index in [-0.39, 0.29) is 11.8 Å². The molecule has 0 aliphatic carbocycles. The summed E-state index contributed by atoms with van der Waals surface area (Å²) in [4.78, 5) is 29.1. The molecule has 4 heterocycles. The van der Waals surface area contributed by atoms with E-state index in [2.05, 4.69) is 5.10 Å². The predicted molar refractivity (Wildman–Crippen MR) is 111 cm³/mol. The van der Waals surface area contributed by atoms with Gasteiger partial charge in [-0.15, -0.1) is 0 Å². The average molecular weight is 388 g/mol. The van der Waals surface area contributed by atoms with Crippen molar-refractivity contribution in [3.05, 3.63) is 59.8 Å². The summed E-state index contributed by atoms with van der Waals surface area (Å²) in [7, 11) is 0. The normalized spacial score (nSPS) is 16.7. The molecule has 1 aromatic carbocycles. The lowest BCUT2D eigenvalue weighted by atomic mass is 10.1. The number of rotatable bonds is 3. The van der Waals surface area contributed by atoms with Gasteiger partial charge in [-0.3, -0.25) is 9.59 Å². The molecule has 0 unspecified atom stereocenters. The number of hydrogen-bond donors (Lipinski definition) is 0. The molecule has 2 saturated heterocycles. The zero-order valence-electron chi connectivity index (χ0n) is 16.4. The van der Waals surface area contributed by atoms with E-state index in [0.717, 1.165) is 62.2 Å². The highest BCUT2D eigenvalue weighted by Gasteiger charge is 2.23. The van der Waals surface area contributed by atoms with E-state index < -0.39 is 0 Å². The molecule has 148 valence electrons. The molecular weight excluding hydrogens is 364 g/mol. The first-order valence-corrected chi connectivity index (χ1v) is 10.4. The molecule has 6 heteroatoms. The summed E-state index contributed by atoms with van der Waals surface area (Å²) in [5.41, 5.74) is 4.05. The topological polar surface area (TPSA) is 57.9 Å². The zero-order valence-corrected chi connectivity index (χ0v) is 16.4. The van der Waals surface area contributed by atoms with Gasteiger partial charge in [0.15, 0.2) is 0 Å². The van der Waals surface area contributed by atoms with Gasteiger partial charge in [0.05, 0.1) is 23.0 Å². The number of aromatic nitrogens is 2. The Morgan fingerprint density at radius 2 is 1.45 bits per heavy atom. The van der Waals surface area contributed by atoms with Crippen LogP contribution in [0.2, 0.25) is 0 Å². The van der Waals surface area contributed by atoms with Crippen LogP contribution in [0.5, 0.6) is 0 Å². The van der Waals surface area contributed by atoms with Crippen LogP contribution in [0.4, 0.5) is 0 Å². The number of pyridine rings is 1. The molecule has 0 bridgehead atoms. The van der Waals surface area contributed by atoms with Gasteiger partial charge in [0, 0.05) is 37.3 Å². The molecular formula is C23H24N4O2. The highest BCUT2D eigenvalue weighted by Crippen LogP contribution is 2.25. The Morgan fingerprint density at radius 1 is 0.759 bits per heavy atom. The first-order valence-electron chi connectivity index (χ1n) is 10.4. The quantitative estimate of drug-likeness (QED) is 0.690. The summed E-state index contributed by atoms with van der Waals surface area (Å²) in [6.07, 6.45) is 6.09. The second-order valence-electron chi connectivity index (χ2n) is 7.84. The first kappa shape index (κ1) is 17.9. The number of fused-ring (bicyclic) bond motifs is 1. The van der Waals surface area contributed by atoms with Crippen molar-refractivity contribution in [3.8, 4) is 11.3 Å². The molecule has 2 fully saturated rings. The van der Waals surface area contributed by atoms with Crippen molar-refractivity contribution in [2.45, 2.75) is 25.7 Å². The average Bonchev–Trinajstić information content (AvgIpc) is 3.17. The van der Waals surface area contributed by atoms with Gasteiger partial charge in [-0.05, 0) is 49.9 Å². The Labute approximate surface area is 169 Å². The minimum Gasteiger partial charge on any atom is -0.339 e. The van der Waals surface area contributed by atoms with Crippen molar-refractivity contribution < 1.29 is 9.59 Å². The minimum absolute atomic E-state index is 0.0624. The van der Waals surface area contributed by atoms with Gasteiger partial charge in [0.2, 0.25) is 0 Å². The third-order valence-corrected chi connectivity index (χ3v) is 5.99. The largest absolute Gasteiger partial charge is 0.339 e. The van der Waals surface area contributed by atoms with E-state index in [4.69, 9.17) is 0 Å². The van der Waals surface area contributed by atoms with Crippen LogP contribution in [-0.4, -0.2) is 57.4 Å². The second-order valence-corrected chi connectivity index (χ2v) is 7.84. The van der Waals surface area contributed by atoms with E-state index in [0.29, 0.717) is 11.1 Å². The van der Waals surface area contributed by atoms with E-state index in [1.54, 1.807) is 6.20 Å². The molecule has 6 nitrogen and oxygen atoms in total. The molecule has 0 spiro atoms. The van der Waals surface area contributed by atoms with Gasteiger partial charge in [-0.2, -0.15) is 5.10 Å². The van der Waals surface area contributed by atoms with Crippen molar-refractivity contribution in [1.82, 2.24) is 19.4 Å². The van der Waals surface area contributed by atoms with Crippen molar-refractivity contribution in [1.29, 1.82) is 0 Å². The molecule has 3 aromatic rings. The standard InChI is InChI=1S/C23H24N4O2/c28-22(25-14-5-15-25)18-10-8-17(9-11-18)20-6-4-7-21-19(16-24-27(20)21)23(29)26-12-2-1-3-13-26/h4,6-11,16H,1-3,5,12-15H2. The van der Waals surface area contributed by atoms with Crippen LogP contribution in [0.1, 0.15) is 46.4 Å². The van der Waals surface area contributed by atoms with Crippen molar-refractivity contribution in [2.24, 2.45) is 0 Å². The predicted octanol–water partition coefficient (Wildman–Crippen LogP) is 3.47. The number of nitrogens with zero attached hydrogens (tertiary/aromatic N) is 4. The number of benzene rings is 1. The Kier molecular flexibility index (Phi) is 4.54. The van der Waals surface area contributed by atoms with Crippen LogP contribution in [-0.2, 0) is 0 Å². The fourth-order valence-corrected chi connectivity index (χ4v) is 4.15. The molecule has 0 radical (unpaired) electrons. The fraction of sp³-hybridized carbons (Fsp3) is 0.348. The lowest BCUT2D eigenvalue weighted by molar-refractivity contribution is 0.0651. The Morgan fingerprint density at radius 3 is 2.14 bits per heavy atom. The molecule has 2 aromatic heterocycles. The summed E-state index contributed by atoms with van der Waals surface area (Å²) in [5, 5.41) is 4.51. The number of carbonyl (C=O) groups excluding carboxylic acids is 2. The van der Waals surface area contributed by atoms with Gasteiger partial charge < -0.3 is 9.80 Å². The van der Waals surface area contributed by atoms with Gasteiger partial charge in [-0.1, -0.05) is 18.2 Å². The Bertz CT molecular complexity index is 1060. The highest BCUT2D eigenvalue weighted by atomic mass is 16.2. The van der Waals surface area contributed by atoms with Crippen LogP contribution < -0.4 is 0 Å². The molecule has 2 aliphatic heterocycles. The van der Waals surface area contributed by atoms with E-state index >= 15 is 0 Å².